The van der Waals surface area contributed by atoms with Gasteiger partial charge in [0.2, 0.25) is 0 Å². The Morgan fingerprint density at radius 2 is 1.50 bits per heavy atom. The molecule has 0 atom stereocenters. The Morgan fingerprint density at radius 1 is 0.929 bits per heavy atom. The third-order valence-corrected chi connectivity index (χ3v) is 6.64. The normalized spacial score (nSPS) is 28.1. The molecule has 2 aliphatic carbocycles. The average Bonchev–Trinajstić information content (AvgIpc) is 2.69. The van der Waals surface area contributed by atoms with Crippen LogP contribution in [0.25, 0.3) is 0 Å². The molecule has 0 bridgehead atoms. The van der Waals surface area contributed by atoms with Crippen molar-refractivity contribution in [1.29, 1.82) is 0 Å². The van der Waals surface area contributed by atoms with Crippen LogP contribution in [-0.4, -0.2) is 0 Å². The van der Waals surface area contributed by atoms with Crippen LogP contribution in [0.5, 0.6) is 0 Å². The second-order valence-electron chi connectivity index (χ2n) is 8.56. The van der Waals surface area contributed by atoms with Gasteiger partial charge < -0.3 is 0 Å². The molecule has 0 saturated heterocycles. The average molecular weight is 389 g/mol. The fourth-order valence-electron chi connectivity index (χ4n) is 5.00. The summed E-state index contributed by atoms with van der Waals surface area (Å²) >= 11 is 0. The lowest BCUT2D eigenvalue weighted by atomic mass is 9.69. The Kier molecular flexibility index (Phi) is 7.65. The minimum Gasteiger partial charge on any atom is -0.216 e. The van der Waals surface area contributed by atoms with Crippen LogP contribution in [0.3, 0.4) is 0 Å². The van der Waals surface area contributed by atoms with Gasteiger partial charge in [-0.3, -0.25) is 0 Å². The highest BCUT2D eigenvalue weighted by Gasteiger charge is 2.30. The third-order valence-electron chi connectivity index (χ3n) is 6.64. The maximum atomic E-state index is 14.2. The molecule has 1 aromatic carbocycles. The van der Waals surface area contributed by atoms with Crippen molar-refractivity contribution < 1.29 is 13.2 Å². The molecule has 0 nitrogen and oxygen atoms in total. The minimum atomic E-state index is -0.538. The van der Waals surface area contributed by atoms with Gasteiger partial charge in [-0.2, -0.15) is 0 Å². The van der Waals surface area contributed by atoms with Crippen LogP contribution in [0, 0.1) is 47.1 Å². The summed E-state index contributed by atoms with van der Waals surface area (Å²) in [6, 6.07) is 2.84. The van der Waals surface area contributed by atoms with Crippen LogP contribution in [0.15, 0.2) is 24.5 Å². The number of halogens is 3. The van der Waals surface area contributed by atoms with E-state index in [4.69, 9.17) is 0 Å². The van der Waals surface area contributed by atoms with Gasteiger partial charge in [0.05, 0.1) is 11.9 Å². The summed E-state index contributed by atoms with van der Waals surface area (Å²) in [5.41, 5.74) is 0.613. The standard InChI is InChI=1S/C25H31F3/c1-2-3-20-16-24(27)23(25(28)17-20)13-8-18-4-9-21(10-5-18)22-11-6-19(7-12-22)14-15-26/h14-19,21-22H,2-7,9-12H2,1H3/t18-,19-,21-,22-. The van der Waals surface area contributed by atoms with Crippen molar-refractivity contribution in [2.75, 3.05) is 0 Å². The summed E-state index contributed by atoms with van der Waals surface area (Å²) in [7, 11) is 0. The van der Waals surface area contributed by atoms with E-state index in [1.54, 1.807) is 6.08 Å². The van der Waals surface area contributed by atoms with E-state index in [0.717, 1.165) is 56.8 Å². The van der Waals surface area contributed by atoms with Gasteiger partial charge in [0.25, 0.3) is 0 Å². The van der Waals surface area contributed by atoms with Gasteiger partial charge in [-0.15, -0.1) is 0 Å². The molecule has 0 heterocycles. The highest BCUT2D eigenvalue weighted by atomic mass is 19.1. The fourth-order valence-corrected chi connectivity index (χ4v) is 5.00. The van der Waals surface area contributed by atoms with E-state index in [1.165, 1.54) is 25.0 Å². The molecule has 3 heteroatoms. The lowest BCUT2D eigenvalue weighted by Gasteiger charge is -2.36. The van der Waals surface area contributed by atoms with Gasteiger partial charge in [0.15, 0.2) is 0 Å². The Balaban J connectivity index is 1.53. The fraction of sp³-hybridized carbons (Fsp3) is 0.600. The maximum absolute atomic E-state index is 14.2. The van der Waals surface area contributed by atoms with Crippen LogP contribution in [-0.2, 0) is 6.42 Å². The van der Waals surface area contributed by atoms with Crippen molar-refractivity contribution in [3.63, 3.8) is 0 Å². The Hall–Kier alpha value is -1.69. The van der Waals surface area contributed by atoms with Crippen LogP contribution >= 0.6 is 0 Å². The first-order valence-electron chi connectivity index (χ1n) is 10.9. The smallest absolute Gasteiger partial charge is 0.142 e. The molecule has 152 valence electrons. The molecule has 0 amide bonds. The number of allylic oxidation sites excluding steroid dienone is 1. The van der Waals surface area contributed by atoms with E-state index >= 15 is 0 Å². The number of hydrogen-bond donors (Lipinski definition) is 0. The molecule has 2 aliphatic rings. The zero-order valence-corrected chi connectivity index (χ0v) is 16.8. The van der Waals surface area contributed by atoms with Gasteiger partial charge in [-0.25, -0.2) is 13.2 Å². The zero-order chi connectivity index (χ0) is 19.9. The SMILES string of the molecule is CCCc1cc(F)c(C#C[C@H]2CC[C@H]([C@H]3CC[C@H](C=CF)CC3)CC2)c(F)c1. The van der Waals surface area contributed by atoms with E-state index in [1.807, 2.05) is 6.92 Å². The molecule has 0 aromatic heterocycles. The minimum absolute atomic E-state index is 0.0822. The first-order valence-corrected chi connectivity index (χ1v) is 10.9. The summed E-state index contributed by atoms with van der Waals surface area (Å²) in [5.74, 6) is 6.98. The molecule has 28 heavy (non-hydrogen) atoms. The van der Waals surface area contributed by atoms with E-state index in [2.05, 4.69) is 11.8 Å². The van der Waals surface area contributed by atoms with E-state index < -0.39 is 11.6 Å². The monoisotopic (exact) mass is 388 g/mol. The molecule has 0 N–H and O–H groups in total. The predicted octanol–water partition coefficient (Wildman–Crippen LogP) is 7.36. The van der Waals surface area contributed by atoms with Crippen LogP contribution in [0.2, 0.25) is 0 Å². The molecule has 3 rings (SSSR count). The van der Waals surface area contributed by atoms with Crippen LogP contribution in [0.4, 0.5) is 13.2 Å². The number of hydrogen-bond acceptors (Lipinski definition) is 0. The largest absolute Gasteiger partial charge is 0.216 e. The number of rotatable bonds is 4. The lowest BCUT2D eigenvalue weighted by Crippen LogP contribution is -2.25. The van der Waals surface area contributed by atoms with Crippen molar-refractivity contribution >= 4 is 0 Å². The Labute approximate surface area is 167 Å². The van der Waals surface area contributed by atoms with Gasteiger partial charge >= 0.3 is 0 Å². The van der Waals surface area contributed by atoms with Crippen LogP contribution < -0.4 is 0 Å². The highest BCUT2D eigenvalue weighted by Crippen LogP contribution is 2.41. The highest BCUT2D eigenvalue weighted by molar-refractivity contribution is 5.39. The molecule has 1 aromatic rings. The molecule has 2 saturated carbocycles. The van der Waals surface area contributed by atoms with E-state index in [9.17, 15) is 13.2 Å². The van der Waals surface area contributed by atoms with Gasteiger partial charge in [-0.05, 0) is 93.2 Å². The summed E-state index contributed by atoms with van der Waals surface area (Å²) in [6.07, 6.45) is 12.8. The first-order chi connectivity index (χ1) is 13.6. The molecule has 0 spiro atoms. The second-order valence-corrected chi connectivity index (χ2v) is 8.56. The van der Waals surface area contributed by atoms with Crippen molar-refractivity contribution in [3.8, 4) is 11.8 Å². The second kappa shape index (κ2) is 10.2. The Bertz CT molecular complexity index is 701. The maximum Gasteiger partial charge on any atom is 0.142 e. The molecule has 0 radical (unpaired) electrons. The van der Waals surface area contributed by atoms with Crippen molar-refractivity contribution in [3.05, 3.63) is 47.3 Å². The topological polar surface area (TPSA) is 0 Å². The van der Waals surface area contributed by atoms with Crippen molar-refractivity contribution in [1.82, 2.24) is 0 Å². The Morgan fingerprint density at radius 3 is 2.04 bits per heavy atom. The first kappa shape index (κ1) is 21.0. The summed E-state index contributed by atoms with van der Waals surface area (Å²) < 4.78 is 40.7. The van der Waals surface area contributed by atoms with Gasteiger partial charge in [0, 0.05) is 5.92 Å². The van der Waals surface area contributed by atoms with Gasteiger partial charge in [0.1, 0.15) is 11.6 Å². The molecule has 0 unspecified atom stereocenters. The number of aryl methyl sites for hydroxylation is 1. The van der Waals surface area contributed by atoms with Crippen molar-refractivity contribution in [2.45, 2.75) is 71.1 Å². The third kappa shape index (κ3) is 5.43. The zero-order valence-electron chi connectivity index (χ0n) is 16.8. The quantitative estimate of drug-likeness (QED) is 0.473. The predicted molar refractivity (Wildman–Crippen MR) is 108 cm³/mol. The summed E-state index contributed by atoms with van der Waals surface area (Å²) in [6.45, 7) is 1.99. The van der Waals surface area contributed by atoms with Crippen molar-refractivity contribution in [2.24, 2.45) is 23.7 Å². The molecular formula is C25H31F3. The van der Waals surface area contributed by atoms with E-state index in [0.29, 0.717) is 24.2 Å². The van der Waals surface area contributed by atoms with Gasteiger partial charge in [-0.1, -0.05) is 31.3 Å². The lowest BCUT2D eigenvalue weighted by molar-refractivity contribution is 0.168. The summed E-state index contributed by atoms with van der Waals surface area (Å²) in [4.78, 5) is 0. The van der Waals surface area contributed by atoms with Crippen LogP contribution in [0.1, 0.15) is 75.8 Å². The molecule has 2 fully saturated rings. The molecular weight excluding hydrogens is 357 g/mol. The molecule has 0 aliphatic heterocycles. The van der Waals surface area contributed by atoms with E-state index in [-0.39, 0.29) is 11.5 Å². The number of benzene rings is 1. The summed E-state index contributed by atoms with van der Waals surface area (Å²) in [5, 5.41) is 0.